The summed E-state index contributed by atoms with van der Waals surface area (Å²) in [7, 11) is 0. The maximum absolute atomic E-state index is 13.4. The molecule has 0 aromatic carbocycles. The molecule has 0 aliphatic rings. The van der Waals surface area contributed by atoms with E-state index >= 15 is 0 Å². The third-order valence-electron chi connectivity index (χ3n) is 2.12. The van der Waals surface area contributed by atoms with E-state index < -0.39 is 12.2 Å². The number of hydrogen-bond donors (Lipinski definition) is 1. The van der Waals surface area contributed by atoms with Crippen LogP contribution in [0.3, 0.4) is 0 Å². The summed E-state index contributed by atoms with van der Waals surface area (Å²) in [4.78, 5) is 3.78. The standard InChI is InChI=1S/C10H7ClF3N3/c11-5-1-7(12)8(15-4-5)2-6-3-9(10(13)14)17-16-6/h1,3-4,10H,2H2,(H,16,17). The van der Waals surface area contributed by atoms with Crippen LogP contribution in [0.1, 0.15) is 23.5 Å². The van der Waals surface area contributed by atoms with E-state index in [4.69, 9.17) is 11.6 Å². The average molecular weight is 262 g/mol. The first kappa shape index (κ1) is 11.9. The number of pyridine rings is 1. The number of rotatable bonds is 3. The molecule has 0 unspecified atom stereocenters. The van der Waals surface area contributed by atoms with Gasteiger partial charge in [-0.25, -0.2) is 13.2 Å². The average Bonchev–Trinajstić information content (AvgIpc) is 2.71. The zero-order chi connectivity index (χ0) is 12.4. The summed E-state index contributed by atoms with van der Waals surface area (Å²) in [5.41, 5.74) is 0.127. The molecule has 0 amide bonds. The minimum absolute atomic E-state index is 0.0583. The Morgan fingerprint density at radius 2 is 2.12 bits per heavy atom. The topological polar surface area (TPSA) is 41.6 Å². The van der Waals surface area contributed by atoms with Gasteiger partial charge in [-0.3, -0.25) is 10.1 Å². The van der Waals surface area contributed by atoms with Gasteiger partial charge in [-0.1, -0.05) is 11.6 Å². The van der Waals surface area contributed by atoms with Crippen molar-refractivity contribution >= 4 is 11.6 Å². The molecule has 0 aliphatic heterocycles. The highest BCUT2D eigenvalue weighted by Gasteiger charge is 2.13. The first-order chi connectivity index (χ1) is 8.06. The quantitative estimate of drug-likeness (QED) is 0.922. The molecule has 0 aliphatic carbocycles. The molecule has 2 aromatic heterocycles. The third kappa shape index (κ3) is 2.76. The maximum atomic E-state index is 13.4. The van der Waals surface area contributed by atoms with Gasteiger partial charge in [0.05, 0.1) is 10.7 Å². The second kappa shape index (κ2) is 4.75. The second-order valence-electron chi connectivity index (χ2n) is 3.38. The van der Waals surface area contributed by atoms with Gasteiger partial charge >= 0.3 is 0 Å². The molecule has 2 heterocycles. The Morgan fingerprint density at radius 1 is 1.35 bits per heavy atom. The summed E-state index contributed by atoms with van der Waals surface area (Å²) in [6, 6.07) is 2.30. The van der Waals surface area contributed by atoms with Gasteiger partial charge in [0.2, 0.25) is 0 Å². The van der Waals surface area contributed by atoms with Crippen LogP contribution in [0.4, 0.5) is 13.2 Å². The van der Waals surface area contributed by atoms with Gasteiger partial charge in [0.1, 0.15) is 11.5 Å². The fourth-order valence-electron chi connectivity index (χ4n) is 1.34. The van der Waals surface area contributed by atoms with E-state index in [0.717, 1.165) is 6.07 Å². The maximum Gasteiger partial charge on any atom is 0.282 e. The summed E-state index contributed by atoms with van der Waals surface area (Å²) in [5.74, 6) is -0.578. The molecule has 0 saturated carbocycles. The number of nitrogens with zero attached hydrogens (tertiary/aromatic N) is 2. The molecule has 3 nitrogen and oxygen atoms in total. The van der Waals surface area contributed by atoms with Crippen molar-refractivity contribution in [1.82, 2.24) is 15.2 Å². The number of aromatic nitrogens is 3. The van der Waals surface area contributed by atoms with Crippen LogP contribution in [0.2, 0.25) is 5.02 Å². The molecule has 2 rings (SSSR count). The van der Waals surface area contributed by atoms with Gasteiger partial charge in [-0.2, -0.15) is 5.10 Å². The summed E-state index contributed by atoms with van der Waals surface area (Å²) >= 11 is 5.54. The van der Waals surface area contributed by atoms with E-state index in [0.29, 0.717) is 5.69 Å². The zero-order valence-electron chi connectivity index (χ0n) is 8.42. The van der Waals surface area contributed by atoms with Crippen LogP contribution in [0.15, 0.2) is 18.3 Å². The van der Waals surface area contributed by atoms with Crippen molar-refractivity contribution in [3.05, 3.63) is 46.3 Å². The molecular formula is C10H7ClF3N3. The van der Waals surface area contributed by atoms with Crippen LogP contribution in [0.5, 0.6) is 0 Å². The van der Waals surface area contributed by atoms with E-state index in [1.807, 2.05) is 0 Å². The lowest BCUT2D eigenvalue weighted by molar-refractivity contribution is 0.146. The van der Waals surface area contributed by atoms with Gasteiger partial charge in [0.25, 0.3) is 6.43 Å². The van der Waals surface area contributed by atoms with E-state index in [9.17, 15) is 13.2 Å². The van der Waals surface area contributed by atoms with E-state index in [1.54, 1.807) is 0 Å². The van der Waals surface area contributed by atoms with E-state index in [1.165, 1.54) is 12.3 Å². The Bertz CT molecular complexity index is 527. The number of aromatic amines is 1. The SMILES string of the molecule is Fc1cc(Cl)cnc1Cc1cc(C(F)F)n[nH]1. The van der Waals surface area contributed by atoms with Crippen LogP contribution >= 0.6 is 11.6 Å². The highest BCUT2D eigenvalue weighted by molar-refractivity contribution is 6.30. The van der Waals surface area contributed by atoms with Crippen LogP contribution < -0.4 is 0 Å². The first-order valence-electron chi connectivity index (χ1n) is 4.68. The molecule has 7 heteroatoms. The fourth-order valence-corrected chi connectivity index (χ4v) is 1.48. The van der Waals surface area contributed by atoms with Crippen LogP contribution in [0, 0.1) is 5.82 Å². The van der Waals surface area contributed by atoms with Gasteiger partial charge in [-0.05, 0) is 12.1 Å². The largest absolute Gasteiger partial charge is 0.282 e. The summed E-state index contributed by atoms with van der Waals surface area (Å²) < 4.78 is 37.9. The molecule has 0 fully saturated rings. The zero-order valence-corrected chi connectivity index (χ0v) is 9.18. The van der Waals surface area contributed by atoms with E-state index in [2.05, 4.69) is 15.2 Å². The van der Waals surface area contributed by atoms with Gasteiger partial charge in [-0.15, -0.1) is 0 Å². The molecule has 2 aromatic rings. The molecule has 0 atom stereocenters. The Hall–Kier alpha value is -1.56. The Balaban J connectivity index is 2.19. The number of alkyl halides is 2. The number of H-pyrrole nitrogens is 1. The van der Waals surface area contributed by atoms with Crippen molar-refractivity contribution < 1.29 is 13.2 Å². The molecule has 0 bridgehead atoms. The normalized spacial score (nSPS) is 11.1. The molecule has 0 radical (unpaired) electrons. The third-order valence-corrected chi connectivity index (χ3v) is 2.32. The molecule has 0 spiro atoms. The summed E-state index contributed by atoms with van der Waals surface area (Å²) in [6.45, 7) is 0. The predicted octanol–water partition coefficient (Wildman–Crippen LogP) is 3.13. The molecule has 0 saturated heterocycles. The molecule has 90 valence electrons. The minimum Gasteiger partial charge on any atom is -0.282 e. The van der Waals surface area contributed by atoms with Crippen molar-refractivity contribution in [2.75, 3.05) is 0 Å². The predicted molar refractivity (Wildman–Crippen MR) is 55.6 cm³/mol. The van der Waals surface area contributed by atoms with Crippen molar-refractivity contribution in [3.63, 3.8) is 0 Å². The monoisotopic (exact) mass is 261 g/mol. The van der Waals surface area contributed by atoms with Crippen LogP contribution in [0.25, 0.3) is 0 Å². The number of nitrogens with one attached hydrogen (secondary N) is 1. The summed E-state index contributed by atoms with van der Waals surface area (Å²) in [5, 5.41) is 6.00. The van der Waals surface area contributed by atoms with Gasteiger partial charge in [0, 0.05) is 18.3 Å². The summed E-state index contributed by atoms with van der Waals surface area (Å²) in [6.07, 6.45) is -1.30. The van der Waals surface area contributed by atoms with Gasteiger partial charge in [0.15, 0.2) is 0 Å². The highest BCUT2D eigenvalue weighted by Crippen LogP contribution is 2.19. The van der Waals surface area contributed by atoms with Crippen molar-refractivity contribution in [2.45, 2.75) is 12.8 Å². The van der Waals surface area contributed by atoms with E-state index in [-0.39, 0.29) is 22.8 Å². The number of halogens is 4. The smallest absolute Gasteiger partial charge is 0.282 e. The Kier molecular flexibility index (Phi) is 3.33. The molecule has 17 heavy (non-hydrogen) atoms. The first-order valence-corrected chi connectivity index (χ1v) is 5.06. The van der Waals surface area contributed by atoms with Gasteiger partial charge < -0.3 is 0 Å². The number of hydrogen-bond acceptors (Lipinski definition) is 2. The fraction of sp³-hybridized carbons (Fsp3) is 0.200. The molecule has 1 N–H and O–H groups in total. The second-order valence-corrected chi connectivity index (χ2v) is 3.81. The molecular weight excluding hydrogens is 255 g/mol. The van der Waals surface area contributed by atoms with Crippen LogP contribution in [-0.4, -0.2) is 15.2 Å². The van der Waals surface area contributed by atoms with Crippen molar-refractivity contribution in [3.8, 4) is 0 Å². The van der Waals surface area contributed by atoms with Crippen LogP contribution in [-0.2, 0) is 6.42 Å². The lowest BCUT2D eigenvalue weighted by atomic mass is 10.2. The van der Waals surface area contributed by atoms with Crippen molar-refractivity contribution in [2.24, 2.45) is 0 Å². The van der Waals surface area contributed by atoms with Crippen molar-refractivity contribution in [1.29, 1.82) is 0 Å². The Labute approximate surface area is 99.6 Å². The minimum atomic E-state index is -2.65. The Morgan fingerprint density at radius 3 is 2.71 bits per heavy atom. The highest BCUT2D eigenvalue weighted by atomic mass is 35.5. The lowest BCUT2D eigenvalue weighted by Gasteiger charge is -2.00. The lowest BCUT2D eigenvalue weighted by Crippen LogP contribution is -1.96.